The van der Waals surface area contributed by atoms with E-state index in [1.807, 2.05) is 0 Å². The number of carbonyl (C=O) groups excluding carboxylic acids is 2. The molecule has 1 rings (SSSR count). The molecule has 1 heterocycles. The number of hydrogen-bond acceptors (Lipinski definition) is 3. The lowest BCUT2D eigenvalue weighted by molar-refractivity contribution is -0.143. The summed E-state index contributed by atoms with van der Waals surface area (Å²) in [5.41, 5.74) is 0. The van der Waals surface area contributed by atoms with Gasteiger partial charge in [0.15, 0.2) is 0 Å². The summed E-state index contributed by atoms with van der Waals surface area (Å²) in [6, 6.07) is -0.272. The number of carbonyl (C=O) groups is 3. The molecular formula is C11H19N3O4. The second-order valence-electron chi connectivity index (χ2n) is 4.34. The Morgan fingerprint density at radius 3 is 2.56 bits per heavy atom. The first-order chi connectivity index (χ1) is 8.50. The van der Waals surface area contributed by atoms with E-state index in [1.54, 1.807) is 0 Å². The minimum atomic E-state index is -0.856. The Balaban J connectivity index is 2.28. The van der Waals surface area contributed by atoms with E-state index >= 15 is 0 Å². The summed E-state index contributed by atoms with van der Waals surface area (Å²) in [7, 11) is 0. The number of likely N-dealkylation sites (tertiary alicyclic amines) is 1. The third kappa shape index (κ3) is 4.60. The van der Waals surface area contributed by atoms with Gasteiger partial charge < -0.3 is 20.6 Å². The SMILES string of the molecule is CC(=O)NCCNC(=O)N1CCCC(C(=O)O)C1. The van der Waals surface area contributed by atoms with Gasteiger partial charge in [0.25, 0.3) is 0 Å². The molecule has 0 radical (unpaired) electrons. The van der Waals surface area contributed by atoms with Crippen LogP contribution in [0.4, 0.5) is 4.79 Å². The quantitative estimate of drug-likeness (QED) is 0.598. The molecule has 18 heavy (non-hydrogen) atoms. The normalized spacial score (nSPS) is 19.2. The minimum absolute atomic E-state index is 0.145. The summed E-state index contributed by atoms with van der Waals surface area (Å²) in [6.45, 7) is 2.95. The predicted octanol–water partition coefficient (Wildman–Crippen LogP) is -0.371. The van der Waals surface area contributed by atoms with Crippen molar-refractivity contribution in [1.29, 1.82) is 0 Å². The lowest BCUT2D eigenvalue weighted by Crippen LogP contribution is -2.48. The topological polar surface area (TPSA) is 98.7 Å². The zero-order valence-corrected chi connectivity index (χ0v) is 10.4. The maximum absolute atomic E-state index is 11.7. The van der Waals surface area contributed by atoms with Crippen LogP contribution >= 0.6 is 0 Å². The number of rotatable bonds is 4. The van der Waals surface area contributed by atoms with Crippen LogP contribution in [0.1, 0.15) is 19.8 Å². The Labute approximate surface area is 106 Å². The van der Waals surface area contributed by atoms with Crippen LogP contribution in [0.2, 0.25) is 0 Å². The summed E-state index contributed by atoms with van der Waals surface area (Å²) < 4.78 is 0. The Bertz CT molecular complexity index is 332. The van der Waals surface area contributed by atoms with Crippen LogP contribution in [-0.4, -0.2) is 54.1 Å². The number of carboxylic acid groups (broad SMARTS) is 1. The van der Waals surface area contributed by atoms with E-state index in [4.69, 9.17) is 5.11 Å². The first-order valence-electron chi connectivity index (χ1n) is 6.00. The first kappa shape index (κ1) is 14.3. The lowest BCUT2D eigenvalue weighted by Gasteiger charge is -2.30. The molecule has 0 aromatic heterocycles. The number of nitrogens with zero attached hydrogens (tertiary/aromatic N) is 1. The number of nitrogens with one attached hydrogen (secondary N) is 2. The molecule has 3 N–H and O–H groups in total. The molecular weight excluding hydrogens is 238 g/mol. The van der Waals surface area contributed by atoms with Crippen LogP contribution in [0, 0.1) is 5.92 Å². The third-order valence-corrected chi connectivity index (χ3v) is 2.83. The second-order valence-corrected chi connectivity index (χ2v) is 4.34. The Kier molecular flexibility index (Phi) is 5.41. The predicted molar refractivity (Wildman–Crippen MR) is 64.0 cm³/mol. The highest BCUT2D eigenvalue weighted by atomic mass is 16.4. The Morgan fingerprint density at radius 2 is 1.94 bits per heavy atom. The van der Waals surface area contributed by atoms with Gasteiger partial charge in [-0.2, -0.15) is 0 Å². The smallest absolute Gasteiger partial charge is 0.317 e. The Morgan fingerprint density at radius 1 is 1.28 bits per heavy atom. The van der Waals surface area contributed by atoms with Crippen molar-refractivity contribution >= 4 is 17.9 Å². The largest absolute Gasteiger partial charge is 0.481 e. The van der Waals surface area contributed by atoms with Crippen molar-refractivity contribution in [3.8, 4) is 0 Å². The van der Waals surface area contributed by atoms with Gasteiger partial charge in [-0.05, 0) is 12.8 Å². The van der Waals surface area contributed by atoms with Crippen LogP contribution in [0.3, 0.4) is 0 Å². The molecule has 1 atom stereocenters. The zero-order chi connectivity index (χ0) is 13.5. The molecule has 0 aromatic rings. The van der Waals surface area contributed by atoms with E-state index in [1.165, 1.54) is 11.8 Å². The molecule has 7 nitrogen and oxygen atoms in total. The van der Waals surface area contributed by atoms with E-state index in [2.05, 4.69) is 10.6 Å². The summed E-state index contributed by atoms with van der Waals surface area (Å²) in [5.74, 6) is -1.47. The lowest BCUT2D eigenvalue weighted by atomic mass is 9.99. The van der Waals surface area contributed by atoms with Crippen LogP contribution in [0.5, 0.6) is 0 Å². The van der Waals surface area contributed by atoms with Crippen molar-refractivity contribution in [2.75, 3.05) is 26.2 Å². The fraction of sp³-hybridized carbons (Fsp3) is 0.727. The van der Waals surface area contributed by atoms with Crippen LogP contribution < -0.4 is 10.6 Å². The number of amides is 3. The molecule has 0 bridgehead atoms. The van der Waals surface area contributed by atoms with Gasteiger partial charge in [0.2, 0.25) is 5.91 Å². The maximum Gasteiger partial charge on any atom is 0.317 e. The maximum atomic E-state index is 11.7. The third-order valence-electron chi connectivity index (χ3n) is 2.83. The van der Waals surface area contributed by atoms with Crippen LogP contribution in [0.25, 0.3) is 0 Å². The van der Waals surface area contributed by atoms with Crippen molar-refractivity contribution in [3.63, 3.8) is 0 Å². The standard InChI is InChI=1S/C11H19N3O4/c1-8(15)12-4-5-13-11(18)14-6-2-3-9(7-14)10(16)17/h9H,2-7H2,1H3,(H,12,15)(H,13,18)(H,16,17). The second kappa shape index (κ2) is 6.83. The molecule has 0 saturated carbocycles. The van der Waals surface area contributed by atoms with Crippen molar-refractivity contribution in [2.45, 2.75) is 19.8 Å². The molecule has 3 amide bonds. The average molecular weight is 257 g/mol. The Hall–Kier alpha value is -1.79. The van der Waals surface area contributed by atoms with Crippen molar-refractivity contribution < 1.29 is 19.5 Å². The van der Waals surface area contributed by atoms with Crippen molar-refractivity contribution in [2.24, 2.45) is 5.92 Å². The molecule has 1 saturated heterocycles. The first-order valence-corrected chi connectivity index (χ1v) is 6.00. The number of aliphatic carboxylic acids is 1. The molecule has 1 aliphatic rings. The van der Waals surface area contributed by atoms with E-state index in [9.17, 15) is 14.4 Å². The van der Waals surface area contributed by atoms with Gasteiger partial charge in [0.1, 0.15) is 0 Å². The highest BCUT2D eigenvalue weighted by Crippen LogP contribution is 2.16. The molecule has 1 unspecified atom stereocenters. The van der Waals surface area contributed by atoms with Gasteiger partial charge in [-0.25, -0.2) is 4.79 Å². The molecule has 1 aliphatic heterocycles. The van der Waals surface area contributed by atoms with E-state index in [0.29, 0.717) is 32.5 Å². The summed E-state index contributed by atoms with van der Waals surface area (Å²) >= 11 is 0. The van der Waals surface area contributed by atoms with E-state index < -0.39 is 11.9 Å². The summed E-state index contributed by atoms with van der Waals surface area (Å²) in [6.07, 6.45) is 1.32. The molecule has 102 valence electrons. The number of urea groups is 1. The van der Waals surface area contributed by atoms with Gasteiger partial charge in [0, 0.05) is 33.1 Å². The van der Waals surface area contributed by atoms with Crippen LogP contribution in [-0.2, 0) is 9.59 Å². The molecule has 0 spiro atoms. The highest BCUT2D eigenvalue weighted by Gasteiger charge is 2.27. The molecule has 1 fully saturated rings. The number of piperidine rings is 1. The van der Waals surface area contributed by atoms with Gasteiger partial charge in [0.05, 0.1) is 5.92 Å². The summed E-state index contributed by atoms with van der Waals surface area (Å²) in [4.78, 5) is 34.7. The minimum Gasteiger partial charge on any atom is -0.481 e. The summed E-state index contributed by atoms with van der Waals surface area (Å²) in [5, 5.41) is 14.1. The van der Waals surface area contributed by atoms with Gasteiger partial charge in [-0.15, -0.1) is 0 Å². The fourth-order valence-electron chi connectivity index (χ4n) is 1.88. The highest BCUT2D eigenvalue weighted by molar-refractivity contribution is 5.76. The van der Waals surface area contributed by atoms with Crippen molar-refractivity contribution in [1.82, 2.24) is 15.5 Å². The molecule has 7 heteroatoms. The van der Waals surface area contributed by atoms with Crippen LogP contribution in [0.15, 0.2) is 0 Å². The fourth-order valence-corrected chi connectivity index (χ4v) is 1.88. The number of carboxylic acids is 1. The molecule has 0 aliphatic carbocycles. The van der Waals surface area contributed by atoms with E-state index in [0.717, 1.165) is 0 Å². The van der Waals surface area contributed by atoms with Gasteiger partial charge in [-0.3, -0.25) is 9.59 Å². The average Bonchev–Trinajstić information content (AvgIpc) is 2.34. The van der Waals surface area contributed by atoms with E-state index in [-0.39, 0.29) is 18.5 Å². The monoisotopic (exact) mass is 257 g/mol. The van der Waals surface area contributed by atoms with Gasteiger partial charge in [-0.1, -0.05) is 0 Å². The van der Waals surface area contributed by atoms with Crippen molar-refractivity contribution in [3.05, 3.63) is 0 Å². The zero-order valence-electron chi connectivity index (χ0n) is 10.4. The number of hydrogen-bond donors (Lipinski definition) is 3. The molecule has 0 aromatic carbocycles. The van der Waals surface area contributed by atoms with Gasteiger partial charge >= 0.3 is 12.0 Å².